The monoisotopic (exact) mass is 362 g/mol. The molecule has 2 aromatic carbocycles. The van der Waals surface area contributed by atoms with E-state index >= 15 is 0 Å². The lowest BCUT2D eigenvalue weighted by Gasteiger charge is -2.18. The average molecular weight is 363 g/mol. The minimum atomic E-state index is -0.355. The molecule has 2 aromatic rings. The number of benzene rings is 2. The molecule has 0 saturated heterocycles. The Morgan fingerprint density at radius 3 is 2.42 bits per heavy atom. The van der Waals surface area contributed by atoms with E-state index in [0.717, 1.165) is 5.56 Å². The molecular weight excluding hydrogens is 344 g/mol. The Labute approximate surface area is 151 Å². The van der Waals surface area contributed by atoms with E-state index in [-0.39, 0.29) is 18.4 Å². The number of hydrogen-bond acceptors (Lipinski definition) is 3. The fourth-order valence-corrected chi connectivity index (χ4v) is 2.75. The molecule has 24 heavy (non-hydrogen) atoms. The normalized spacial score (nSPS) is 10.3. The Morgan fingerprint density at radius 2 is 1.79 bits per heavy atom. The SMILES string of the molecule is CSc1ccc(CN(C)C(=O)CNC(=O)c2ccccc2Cl)cc1. The molecule has 0 saturated carbocycles. The van der Waals surface area contributed by atoms with Gasteiger partial charge in [-0.2, -0.15) is 0 Å². The van der Waals surface area contributed by atoms with E-state index in [9.17, 15) is 9.59 Å². The van der Waals surface area contributed by atoms with E-state index in [1.165, 1.54) is 4.90 Å². The van der Waals surface area contributed by atoms with Crippen LogP contribution in [-0.4, -0.2) is 36.6 Å². The molecule has 4 nitrogen and oxygen atoms in total. The molecule has 0 heterocycles. The van der Waals surface area contributed by atoms with Gasteiger partial charge in [0.05, 0.1) is 17.1 Å². The molecule has 0 atom stereocenters. The molecule has 0 aliphatic carbocycles. The highest BCUT2D eigenvalue weighted by molar-refractivity contribution is 7.98. The van der Waals surface area contributed by atoms with Crippen LogP contribution in [0.4, 0.5) is 0 Å². The molecule has 1 N–H and O–H groups in total. The molecular formula is C18H19ClN2O2S. The summed E-state index contributed by atoms with van der Waals surface area (Å²) in [6, 6.07) is 14.8. The molecule has 0 radical (unpaired) electrons. The number of nitrogens with zero attached hydrogens (tertiary/aromatic N) is 1. The Balaban J connectivity index is 1.87. The minimum absolute atomic E-state index is 0.0660. The van der Waals surface area contributed by atoms with E-state index in [2.05, 4.69) is 5.32 Å². The third kappa shape index (κ3) is 5.01. The van der Waals surface area contributed by atoms with Gasteiger partial charge in [-0.3, -0.25) is 9.59 Å². The van der Waals surface area contributed by atoms with Crippen molar-refractivity contribution in [2.24, 2.45) is 0 Å². The molecule has 6 heteroatoms. The summed E-state index contributed by atoms with van der Waals surface area (Å²) in [4.78, 5) is 27.0. The standard InChI is InChI=1S/C18H19ClN2O2S/c1-21(12-13-7-9-14(24-2)10-8-13)17(22)11-20-18(23)15-5-3-4-6-16(15)19/h3-10H,11-12H2,1-2H3,(H,20,23). The lowest BCUT2D eigenvalue weighted by atomic mass is 10.2. The number of amides is 2. The second-order valence-corrected chi connectivity index (χ2v) is 6.55. The number of thioether (sulfide) groups is 1. The van der Waals surface area contributed by atoms with Crippen LogP contribution in [0.5, 0.6) is 0 Å². The third-order valence-electron chi connectivity index (χ3n) is 3.52. The molecule has 0 bridgehead atoms. The van der Waals surface area contributed by atoms with Gasteiger partial charge >= 0.3 is 0 Å². The number of carbonyl (C=O) groups excluding carboxylic acids is 2. The van der Waals surface area contributed by atoms with Crippen molar-refractivity contribution in [2.45, 2.75) is 11.4 Å². The first-order valence-corrected chi connectivity index (χ1v) is 9.01. The summed E-state index contributed by atoms with van der Waals surface area (Å²) < 4.78 is 0. The molecule has 2 rings (SSSR count). The smallest absolute Gasteiger partial charge is 0.253 e. The summed E-state index contributed by atoms with van der Waals surface area (Å²) in [7, 11) is 1.71. The van der Waals surface area contributed by atoms with E-state index in [1.54, 1.807) is 48.0 Å². The van der Waals surface area contributed by atoms with Gasteiger partial charge in [-0.25, -0.2) is 0 Å². The van der Waals surface area contributed by atoms with Crippen LogP contribution >= 0.6 is 23.4 Å². The van der Waals surface area contributed by atoms with Gasteiger partial charge in [0.25, 0.3) is 5.91 Å². The van der Waals surface area contributed by atoms with Gasteiger partial charge in [-0.15, -0.1) is 11.8 Å². The predicted molar refractivity (Wildman–Crippen MR) is 98.5 cm³/mol. The summed E-state index contributed by atoms with van der Waals surface area (Å²) in [5.41, 5.74) is 1.41. The number of halogens is 1. The second-order valence-electron chi connectivity index (χ2n) is 5.26. The molecule has 0 spiro atoms. The largest absolute Gasteiger partial charge is 0.343 e. The lowest BCUT2D eigenvalue weighted by Crippen LogP contribution is -2.37. The Bertz CT molecular complexity index is 719. The van der Waals surface area contributed by atoms with E-state index in [1.807, 2.05) is 30.5 Å². The molecule has 126 valence electrons. The van der Waals surface area contributed by atoms with Crippen LogP contribution in [0, 0.1) is 0 Å². The highest BCUT2D eigenvalue weighted by Gasteiger charge is 2.13. The number of carbonyl (C=O) groups is 2. The fourth-order valence-electron chi connectivity index (χ4n) is 2.12. The first-order chi connectivity index (χ1) is 11.5. The van der Waals surface area contributed by atoms with Crippen LogP contribution in [0.15, 0.2) is 53.4 Å². The molecule has 2 amide bonds. The number of rotatable bonds is 6. The zero-order valence-corrected chi connectivity index (χ0v) is 15.2. The van der Waals surface area contributed by atoms with Gasteiger partial charge in [0.2, 0.25) is 5.91 Å². The molecule has 0 aromatic heterocycles. The predicted octanol–water partition coefficient (Wildman–Crippen LogP) is 3.45. The Kier molecular flexibility index (Phi) is 6.70. The van der Waals surface area contributed by atoms with Crippen LogP contribution in [0.25, 0.3) is 0 Å². The first-order valence-electron chi connectivity index (χ1n) is 7.41. The fraction of sp³-hybridized carbons (Fsp3) is 0.222. The van der Waals surface area contributed by atoms with Crippen molar-refractivity contribution in [3.63, 3.8) is 0 Å². The Morgan fingerprint density at radius 1 is 1.12 bits per heavy atom. The number of likely N-dealkylation sites (N-methyl/N-ethyl adjacent to an activating group) is 1. The van der Waals surface area contributed by atoms with Crippen LogP contribution in [0.1, 0.15) is 15.9 Å². The van der Waals surface area contributed by atoms with Crippen molar-refractivity contribution in [2.75, 3.05) is 19.8 Å². The maximum atomic E-state index is 12.2. The van der Waals surface area contributed by atoms with Gasteiger partial charge in [0.15, 0.2) is 0 Å². The zero-order chi connectivity index (χ0) is 17.5. The van der Waals surface area contributed by atoms with Crippen molar-refractivity contribution < 1.29 is 9.59 Å². The Hall–Kier alpha value is -1.98. The average Bonchev–Trinajstić information content (AvgIpc) is 2.60. The van der Waals surface area contributed by atoms with Crippen LogP contribution in [0.3, 0.4) is 0 Å². The van der Waals surface area contributed by atoms with Gasteiger partial charge < -0.3 is 10.2 Å². The van der Waals surface area contributed by atoms with Crippen LogP contribution in [-0.2, 0) is 11.3 Å². The van der Waals surface area contributed by atoms with Gasteiger partial charge in [0, 0.05) is 18.5 Å². The summed E-state index contributed by atoms with van der Waals surface area (Å²) in [6.07, 6.45) is 2.02. The second kappa shape index (κ2) is 8.76. The van der Waals surface area contributed by atoms with Gasteiger partial charge in [-0.1, -0.05) is 35.9 Å². The molecule has 0 aliphatic heterocycles. The van der Waals surface area contributed by atoms with Crippen molar-refractivity contribution in [1.29, 1.82) is 0 Å². The quantitative estimate of drug-likeness (QED) is 0.801. The van der Waals surface area contributed by atoms with E-state index in [4.69, 9.17) is 11.6 Å². The van der Waals surface area contributed by atoms with Crippen molar-refractivity contribution in [1.82, 2.24) is 10.2 Å². The molecule has 0 fully saturated rings. The number of hydrogen-bond donors (Lipinski definition) is 1. The zero-order valence-electron chi connectivity index (χ0n) is 13.6. The van der Waals surface area contributed by atoms with Crippen LogP contribution in [0.2, 0.25) is 5.02 Å². The third-order valence-corrected chi connectivity index (χ3v) is 4.60. The van der Waals surface area contributed by atoms with E-state index in [0.29, 0.717) is 17.1 Å². The van der Waals surface area contributed by atoms with E-state index < -0.39 is 0 Å². The summed E-state index contributed by atoms with van der Waals surface area (Å²) in [5.74, 6) is -0.518. The van der Waals surface area contributed by atoms with Crippen LogP contribution < -0.4 is 5.32 Å². The van der Waals surface area contributed by atoms with Crippen molar-refractivity contribution >= 4 is 35.2 Å². The maximum absolute atomic E-state index is 12.2. The van der Waals surface area contributed by atoms with Gasteiger partial charge in [-0.05, 0) is 36.1 Å². The van der Waals surface area contributed by atoms with Crippen molar-refractivity contribution in [3.8, 4) is 0 Å². The summed E-state index contributed by atoms with van der Waals surface area (Å²) >= 11 is 7.65. The maximum Gasteiger partial charge on any atom is 0.253 e. The molecule has 0 aliphatic rings. The minimum Gasteiger partial charge on any atom is -0.343 e. The lowest BCUT2D eigenvalue weighted by molar-refractivity contribution is -0.129. The summed E-state index contributed by atoms with van der Waals surface area (Å²) in [5, 5.41) is 2.97. The topological polar surface area (TPSA) is 49.4 Å². The molecule has 0 unspecified atom stereocenters. The highest BCUT2D eigenvalue weighted by atomic mass is 35.5. The van der Waals surface area contributed by atoms with Gasteiger partial charge in [0.1, 0.15) is 0 Å². The summed E-state index contributed by atoms with van der Waals surface area (Å²) in [6.45, 7) is 0.429. The number of nitrogens with one attached hydrogen (secondary N) is 1. The van der Waals surface area contributed by atoms with Crippen molar-refractivity contribution in [3.05, 3.63) is 64.7 Å². The highest BCUT2D eigenvalue weighted by Crippen LogP contribution is 2.16. The first kappa shape index (κ1) is 18.4.